The molecule has 1 N–H and O–H groups in total. The fourth-order valence-electron chi connectivity index (χ4n) is 3.88. The Bertz CT molecular complexity index is 267. The highest BCUT2D eigenvalue weighted by molar-refractivity contribution is 4.51. The highest BCUT2D eigenvalue weighted by Crippen LogP contribution is 2.13. The second-order valence-electron chi connectivity index (χ2n) is 8.83. The van der Waals surface area contributed by atoms with E-state index in [1.165, 1.54) is 122 Å². The molecule has 1 unspecified atom stereocenters. The third kappa shape index (κ3) is 24.0. The van der Waals surface area contributed by atoms with Gasteiger partial charge in [-0.05, 0) is 19.3 Å². The summed E-state index contributed by atoms with van der Waals surface area (Å²) in [4.78, 5) is 0. The smallest absolute Gasteiger partial charge is 0.154 e. The summed E-state index contributed by atoms with van der Waals surface area (Å²) < 4.78 is 5.56. The van der Waals surface area contributed by atoms with E-state index >= 15 is 0 Å². The zero-order chi connectivity index (χ0) is 20.5. The summed E-state index contributed by atoms with van der Waals surface area (Å²) in [6.07, 6.45) is 28.6. The van der Waals surface area contributed by atoms with Crippen LogP contribution in [0.4, 0.5) is 0 Å². The minimum Gasteiger partial charge on any atom is -0.368 e. The van der Waals surface area contributed by atoms with Gasteiger partial charge in [-0.1, -0.05) is 136 Å². The topological polar surface area (TPSA) is 29.5 Å². The van der Waals surface area contributed by atoms with Gasteiger partial charge in [0.25, 0.3) is 0 Å². The maximum atomic E-state index is 9.90. The summed E-state index contributed by atoms with van der Waals surface area (Å²) in [6, 6.07) is 0. The Kier molecular flexibility index (Phi) is 24.9. The van der Waals surface area contributed by atoms with E-state index in [0.29, 0.717) is 0 Å². The summed E-state index contributed by atoms with van der Waals surface area (Å²) in [7, 11) is 0. The average molecular weight is 399 g/mol. The van der Waals surface area contributed by atoms with E-state index < -0.39 is 6.29 Å². The molecule has 1 atom stereocenters. The summed E-state index contributed by atoms with van der Waals surface area (Å²) in [5, 5.41) is 9.90. The van der Waals surface area contributed by atoms with Gasteiger partial charge in [0.05, 0.1) is 0 Å². The quantitative estimate of drug-likeness (QED) is 0.130. The standard InChI is InChI=1S/C26H54O2/c1-3-5-7-9-11-13-14-15-17-19-21-23-25-28-26(27)24-22-20-18-16-12-10-8-6-4-2/h26-27H,3-25H2,1-2H3. The van der Waals surface area contributed by atoms with Crippen LogP contribution in [-0.4, -0.2) is 18.0 Å². The number of hydrogen-bond acceptors (Lipinski definition) is 2. The molecule has 0 aliphatic heterocycles. The van der Waals surface area contributed by atoms with Crippen molar-refractivity contribution in [3.05, 3.63) is 0 Å². The molecule has 2 heteroatoms. The molecule has 0 amide bonds. The Morgan fingerprint density at radius 2 is 0.786 bits per heavy atom. The Balaban J connectivity index is 3.12. The van der Waals surface area contributed by atoms with E-state index in [9.17, 15) is 5.11 Å². The molecule has 0 saturated heterocycles. The molecule has 2 nitrogen and oxygen atoms in total. The first-order chi connectivity index (χ1) is 13.8. The van der Waals surface area contributed by atoms with Crippen molar-refractivity contribution >= 4 is 0 Å². The molecule has 0 aromatic carbocycles. The highest BCUT2D eigenvalue weighted by Gasteiger charge is 2.03. The molecule has 0 radical (unpaired) electrons. The van der Waals surface area contributed by atoms with Gasteiger partial charge in [0.1, 0.15) is 0 Å². The predicted octanol–water partition coefficient (Wildman–Crippen LogP) is 8.94. The van der Waals surface area contributed by atoms with Crippen molar-refractivity contribution in [1.82, 2.24) is 0 Å². The van der Waals surface area contributed by atoms with Crippen molar-refractivity contribution in [1.29, 1.82) is 0 Å². The molecule has 0 fully saturated rings. The normalized spacial score (nSPS) is 12.5. The fourth-order valence-corrected chi connectivity index (χ4v) is 3.88. The summed E-state index contributed by atoms with van der Waals surface area (Å²) in [6.45, 7) is 5.28. The summed E-state index contributed by atoms with van der Waals surface area (Å²) in [5.41, 5.74) is 0. The lowest BCUT2D eigenvalue weighted by Gasteiger charge is -2.12. The van der Waals surface area contributed by atoms with Gasteiger partial charge in [-0.25, -0.2) is 0 Å². The first kappa shape index (κ1) is 27.9. The third-order valence-corrected chi connectivity index (χ3v) is 5.86. The first-order valence-corrected chi connectivity index (χ1v) is 13.1. The van der Waals surface area contributed by atoms with Gasteiger partial charge in [0, 0.05) is 6.61 Å². The van der Waals surface area contributed by atoms with Crippen LogP contribution < -0.4 is 0 Å². The van der Waals surface area contributed by atoms with Crippen molar-refractivity contribution in [2.45, 2.75) is 161 Å². The minimum absolute atomic E-state index is 0.530. The SMILES string of the molecule is CCCCCCCCCCCCCCOC(O)CCCCCCCCCCC. The number of unbranched alkanes of at least 4 members (excludes halogenated alkanes) is 19. The molecule has 0 saturated carbocycles. The average Bonchev–Trinajstić information content (AvgIpc) is 2.70. The Morgan fingerprint density at radius 1 is 0.464 bits per heavy atom. The van der Waals surface area contributed by atoms with Crippen LogP contribution in [0.15, 0.2) is 0 Å². The van der Waals surface area contributed by atoms with Crippen LogP contribution in [0.25, 0.3) is 0 Å². The zero-order valence-electron chi connectivity index (χ0n) is 19.7. The fraction of sp³-hybridized carbons (Fsp3) is 1.00. The van der Waals surface area contributed by atoms with E-state index in [2.05, 4.69) is 13.8 Å². The van der Waals surface area contributed by atoms with Gasteiger partial charge in [-0.3, -0.25) is 0 Å². The van der Waals surface area contributed by atoms with Gasteiger partial charge in [-0.2, -0.15) is 0 Å². The van der Waals surface area contributed by atoms with Crippen LogP contribution in [0.3, 0.4) is 0 Å². The minimum atomic E-state index is -0.530. The number of aliphatic hydroxyl groups excluding tert-OH is 1. The van der Waals surface area contributed by atoms with Crippen molar-refractivity contribution in [3.63, 3.8) is 0 Å². The second kappa shape index (κ2) is 25.0. The maximum Gasteiger partial charge on any atom is 0.154 e. The van der Waals surface area contributed by atoms with Crippen LogP contribution in [0.1, 0.15) is 155 Å². The summed E-state index contributed by atoms with van der Waals surface area (Å²) in [5.74, 6) is 0. The van der Waals surface area contributed by atoms with Crippen LogP contribution in [0.2, 0.25) is 0 Å². The molecule has 0 bridgehead atoms. The number of hydrogen-bond donors (Lipinski definition) is 1. The lowest BCUT2D eigenvalue weighted by atomic mass is 10.1. The summed E-state index contributed by atoms with van der Waals surface area (Å²) >= 11 is 0. The Labute approximate surface area is 178 Å². The van der Waals surface area contributed by atoms with Crippen molar-refractivity contribution in [2.24, 2.45) is 0 Å². The lowest BCUT2D eigenvalue weighted by molar-refractivity contribution is -0.105. The van der Waals surface area contributed by atoms with Crippen molar-refractivity contribution in [3.8, 4) is 0 Å². The van der Waals surface area contributed by atoms with Gasteiger partial charge in [0.15, 0.2) is 6.29 Å². The predicted molar refractivity (Wildman–Crippen MR) is 125 cm³/mol. The molecular formula is C26H54O2. The second-order valence-corrected chi connectivity index (χ2v) is 8.83. The number of aliphatic hydroxyl groups is 1. The van der Waals surface area contributed by atoms with E-state index in [4.69, 9.17) is 4.74 Å². The Morgan fingerprint density at radius 3 is 1.18 bits per heavy atom. The van der Waals surface area contributed by atoms with Gasteiger partial charge < -0.3 is 9.84 Å². The van der Waals surface area contributed by atoms with Crippen LogP contribution in [0, 0.1) is 0 Å². The van der Waals surface area contributed by atoms with E-state index in [1.807, 2.05) is 0 Å². The highest BCUT2D eigenvalue weighted by atomic mass is 16.6. The van der Waals surface area contributed by atoms with Gasteiger partial charge in [0.2, 0.25) is 0 Å². The molecular weight excluding hydrogens is 344 g/mol. The monoisotopic (exact) mass is 398 g/mol. The van der Waals surface area contributed by atoms with E-state index in [-0.39, 0.29) is 0 Å². The molecule has 0 heterocycles. The van der Waals surface area contributed by atoms with Gasteiger partial charge in [-0.15, -0.1) is 0 Å². The molecule has 0 aliphatic carbocycles. The molecule has 0 rings (SSSR count). The molecule has 0 aromatic heterocycles. The van der Waals surface area contributed by atoms with Crippen LogP contribution >= 0.6 is 0 Å². The first-order valence-electron chi connectivity index (χ1n) is 13.1. The molecule has 0 aliphatic rings. The van der Waals surface area contributed by atoms with Crippen molar-refractivity contribution in [2.75, 3.05) is 6.61 Å². The number of ether oxygens (including phenoxy) is 1. The lowest BCUT2D eigenvalue weighted by Crippen LogP contribution is -2.12. The largest absolute Gasteiger partial charge is 0.368 e. The Hall–Kier alpha value is -0.0800. The van der Waals surface area contributed by atoms with E-state index in [1.54, 1.807) is 0 Å². The molecule has 28 heavy (non-hydrogen) atoms. The maximum absolute atomic E-state index is 9.90. The third-order valence-electron chi connectivity index (χ3n) is 5.86. The number of rotatable bonds is 24. The molecule has 0 spiro atoms. The molecule has 0 aromatic rings. The van der Waals surface area contributed by atoms with Gasteiger partial charge >= 0.3 is 0 Å². The van der Waals surface area contributed by atoms with Crippen LogP contribution in [-0.2, 0) is 4.74 Å². The van der Waals surface area contributed by atoms with Crippen molar-refractivity contribution < 1.29 is 9.84 Å². The molecule has 170 valence electrons. The zero-order valence-corrected chi connectivity index (χ0v) is 19.7. The van der Waals surface area contributed by atoms with E-state index in [0.717, 1.165) is 25.9 Å². The van der Waals surface area contributed by atoms with Crippen LogP contribution in [0.5, 0.6) is 0 Å².